The van der Waals surface area contributed by atoms with E-state index in [0.717, 1.165) is 25.7 Å². The highest BCUT2D eigenvalue weighted by Crippen LogP contribution is 2.33. The van der Waals surface area contributed by atoms with E-state index in [2.05, 4.69) is 13.8 Å². The third-order valence-electron chi connectivity index (χ3n) is 3.53. The molecule has 0 aliphatic carbocycles. The van der Waals surface area contributed by atoms with Crippen molar-refractivity contribution in [2.45, 2.75) is 39.5 Å². The van der Waals surface area contributed by atoms with Crippen molar-refractivity contribution in [3.8, 4) is 0 Å². The van der Waals surface area contributed by atoms with E-state index in [-0.39, 0.29) is 5.91 Å². The highest BCUT2D eigenvalue weighted by Gasteiger charge is 2.42. The minimum atomic E-state index is -0.643. The molecular weight excluding hydrogens is 248 g/mol. The van der Waals surface area contributed by atoms with E-state index in [1.54, 1.807) is 0 Å². The Morgan fingerprint density at radius 3 is 2.17 bits per heavy atom. The zero-order valence-electron chi connectivity index (χ0n) is 11.4. The summed E-state index contributed by atoms with van der Waals surface area (Å²) in [6.45, 7) is 6.65. The van der Waals surface area contributed by atoms with Gasteiger partial charge in [-0.1, -0.05) is 38.9 Å². The van der Waals surface area contributed by atoms with Gasteiger partial charge in [0.25, 0.3) is 0 Å². The molecule has 4 nitrogen and oxygen atoms in total. The fourth-order valence-electron chi connectivity index (χ4n) is 2.61. The third kappa shape index (κ3) is 3.20. The molecule has 1 amide bonds. The van der Waals surface area contributed by atoms with Gasteiger partial charge in [-0.25, -0.2) is 0 Å². The molecule has 0 atom stereocenters. The van der Waals surface area contributed by atoms with Crippen LogP contribution in [0.1, 0.15) is 39.5 Å². The van der Waals surface area contributed by atoms with E-state index in [4.69, 9.17) is 22.7 Å². The molecular formula is C13H24N2O2S. The monoisotopic (exact) mass is 272 g/mol. The van der Waals surface area contributed by atoms with E-state index in [0.29, 0.717) is 31.3 Å². The van der Waals surface area contributed by atoms with Crippen LogP contribution in [-0.4, -0.2) is 42.1 Å². The first-order chi connectivity index (χ1) is 8.58. The second kappa shape index (κ2) is 7.04. The molecule has 1 heterocycles. The Labute approximate surface area is 115 Å². The van der Waals surface area contributed by atoms with Crippen LogP contribution in [0.5, 0.6) is 0 Å². The summed E-state index contributed by atoms with van der Waals surface area (Å²) < 4.78 is 5.28. The average molecular weight is 272 g/mol. The quantitative estimate of drug-likeness (QED) is 0.748. The number of hydrogen-bond acceptors (Lipinski definition) is 3. The number of rotatable bonds is 6. The van der Waals surface area contributed by atoms with Gasteiger partial charge in [0.2, 0.25) is 5.91 Å². The molecule has 1 aliphatic heterocycles. The largest absolute Gasteiger partial charge is 0.392 e. The first kappa shape index (κ1) is 15.4. The number of amides is 1. The summed E-state index contributed by atoms with van der Waals surface area (Å²) in [7, 11) is 0. The van der Waals surface area contributed by atoms with Crippen molar-refractivity contribution in [3.05, 3.63) is 0 Å². The lowest BCUT2D eigenvalue weighted by Crippen LogP contribution is -2.53. The molecule has 5 heteroatoms. The molecule has 0 spiro atoms. The van der Waals surface area contributed by atoms with Gasteiger partial charge in [-0.2, -0.15) is 0 Å². The summed E-state index contributed by atoms with van der Waals surface area (Å²) in [4.78, 5) is 14.9. The lowest BCUT2D eigenvalue weighted by molar-refractivity contribution is -0.143. The normalized spacial score (nSPS) is 16.7. The number of nitrogens with two attached hydrogens (primary N) is 1. The van der Waals surface area contributed by atoms with E-state index in [9.17, 15) is 4.79 Å². The Morgan fingerprint density at radius 1 is 1.28 bits per heavy atom. The molecule has 1 fully saturated rings. The predicted octanol–water partition coefficient (Wildman–Crippen LogP) is 1.72. The first-order valence-electron chi connectivity index (χ1n) is 6.75. The second-order valence-electron chi connectivity index (χ2n) is 4.85. The van der Waals surface area contributed by atoms with E-state index in [1.165, 1.54) is 0 Å². The molecule has 1 rings (SSSR count). The number of nitrogens with zero attached hydrogens (tertiary/aromatic N) is 1. The van der Waals surface area contributed by atoms with Gasteiger partial charge >= 0.3 is 0 Å². The van der Waals surface area contributed by atoms with E-state index >= 15 is 0 Å². The molecule has 0 bridgehead atoms. The van der Waals surface area contributed by atoms with Gasteiger partial charge < -0.3 is 15.4 Å². The Kier molecular flexibility index (Phi) is 6.02. The van der Waals surface area contributed by atoms with E-state index in [1.807, 2.05) is 4.90 Å². The summed E-state index contributed by atoms with van der Waals surface area (Å²) in [6, 6.07) is 0. The minimum absolute atomic E-state index is 0.0991. The average Bonchev–Trinajstić information content (AvgIpc) is 2.38. The highest BCUT2D eigenvalue weighted by molar-refractivity contribution is 7.80. The number of carbonyl (C=O) groups is 1. The van der Waals surface area contributed by atoms with Crippen LogP contribution in [0.25, 0.3) is 0 Å². The smallest absolute Gasteiger partial charge is 0.235 e. The lowest BCUT2D eigenvalue weighted by atomic mass is 9.77. The first-order valence-corrected chi connectivity index (χ1v) is 7.16. The van der Waals surface area contributed by atoms with Crippen molar-refractivity contribution in [3.63, 3.8) is 0 Å². The lowest BCUT2D eigenvalue weighted by Gasteiger charge is -2.38. The van der Waals surface area contributed by atoms with Crippen molar-refractivity contribution in [1.82, 2.24) is 4.90 Å². The van der Waals surface area contributed by atoms with Gasteiger partial charge in [-0.3, -0.25) is 4.79 Å². The number of ether oxygens (including phenoxy) is 1. The van der Waals surface area contributed by atoms with Crippen LogP contribution in [0, 0.1) is 5.41 Å². The van der Waals surface area contributed by atoms with Crippen LogP contribution >= 0.6 is 12.2 Å². The van der Waals surface area contributed by atoms with Crippen LogP contribution in [0.3, 0.4) is 0 Å². The highest BCUT2D eigenvalue weighted by atomic mass is 32.1. The number of carbonyl (C=O) groups excluding carboxylic acids is 1. The van der Waals surface area contributed by atoms with Crippen LogP contribution < -0.4 is 5.73 Å². The Hall–Kier alpha value is -0.680. The molecule has 104 valence electrons. The molecule has 1 saturated heterocycles. The number of thiocarbonyl (C=S) groups is 1. The fourth-order valence-corrected chi connectivity index (χ4v) is 2.90. The molecule has 18 heavy (non-hydrogen) atoms. The molecule has 0 aromatic carbocycles. The number of hydrogen-bond donors (Lipinski definition) is 1. The molecule has 2 N–H and O–H groups in total. The van der Waals surface area contributed by atoms with Gasteiger partial charge in [-0.15, -0.1) is 0 Å². The van der Waals surface area contributed by atoms with Crippen LogP contribution in [0.2, 0.25) is 0 Å². The van der Waals surface area contributed by atoms with Crippen molar-refractivity contribution in [2.75, 3.05) is 26.3 Å². The van der Waals surface area contributed by atoms with Gasteiger partial charge in [0.05, 0.1) is 23.6 Å². The summed E-state index contributed by atoms with van der Waals surface area (Å²) >= 11 is 5.20. The Bertz CT molecular complexity index is 295. The van der Waals surface area contributed by atoms with Gasteiger partial charge in [0.1, 0.15) is 0 Å². The summed E-state index contributed by atoms with van der Waals surface area (Å²) in [5.41, 5.74) is 5.26. The maximum Gasteiger partial charge on any atom is 0.235 e. The minimum Gasteiger partial charge on any atom is -0.392 e. The van der Waals surface area contributed by atoms with Gasteiger partial charge in [0.15, 0.2) is 0 Å². The molecule has 0 radical (unpaired) electrons. The van der Waals surface area contributed by atoms with Crippen LogP contribution in [-0.2, 0) is 9.53 Å². The van der Waals surface area contributed by atoms with E-state index < -0.39 is 5.41 Å². The van der Waals surface area contributed by atoms with Crippen molar-refractivity contribution in [2.24, 2.45) is 11.1 Å². The summed E-state index contributed by atoms with van der Waals surface area (Å²) in [5.74, 6) is 0.0991. The van der Waals surface area contributed by atoms with Crippen molar-refractivity contribution >= 4 is 23.1 Å². The second-order valence-corrected chi connectivity index (χ2v) is 5.29. The zero-order chi connectivity index (χ0) is 13.6. The molecule has 0 saturated carbocycles. The predicted molar refractivity (Wildman–Crippen MR) is 76.4 cm³/mol. The molecule has 0 unspecified atom stereocenters. The third-order valence-corrected chi connectivity index (χ3v) is 3.92. The molecule has 0 aromatic rings. The summed E-state index contributed by atoms with van der Waals surface area (Å²) in [6.07, 6.45) is 3.31. The van der Waals surface area contributed by atoms with Gasteiger partial charge in [0, 0.05) is 13.1 Å². The van der Waals surface area contributed by atoms with Crippen molar-refractivity contribution in [1.29, 1.82) is 0 Å². The maximum absolute atomic E-state index is 12.7. The standard InChI is InChI=1S/C13H24N2O2S/c1-3-5-13(6-4-2,11(14)18)12(16)15-7-9-17-10-8-15/h3-10H2,1-2H3,(H2,14,18). The van der Waals surface area contributed by atoms with Crippen LogP contribution in [0.4, 0.5) is 0 Å². The zero-order valence-corrected chi connectivity index (χ0v) is 12.2. The molecule has 0 aromatic heterocycles. The topological polar surface area (TPSA) is 55.6 Å². The Balaban J connectivity index is 2.91. The van der Waals surface area contributed by atoms with Crippen LogP contribution in [0.15, 0.2) is 0 Å². The van der Waals surface area contributed by atoms with Gasteiger partial charge in [-0.05, 0) is 12.8 Å². The SMILES string of the molecule is CCCC(CCC)(C(=O)N1CCOCC1)C(N)=S. The van der Waals surface area contributed by atoms with Crippen molar-refractivity contribution < 1.29 is 9.53 Å². The Morgan fingerprint density at radius 2 is 1.78 bits per heavy atom. The fraction of sp³-hybridized carbons (Fsp3) is 0.846. The maximum atomic E-state index is 12.7. The molecule has 1 aliphatic rings. The summed E-state index contributed by atoms with van der Waals surface area (Å²) in [5, 5.41) is 0. The number of morpholine rings is 1.